The van der Waals surface area contributed by atoms with E-state index >= 15 is 0 Å². The van der Waals surface area contributed by atoms with Crippen LogP contribution in [0, 0.1) is 0 Å². The summed E-state index contributed by atoms with van der Waals surface area (Å²) < 4.78 is 6.20. The Kier molecular flexibility index (Phi) is 6.02. The Labute approximate surface area is 166 Å². The fourth-order valence-corrected chi connectivity index (χ4v) is 3.64. The number of nitrogens with one attached hydrogen (secondary N) is 1. The highest BCUT2D eigenvalue weighted by atomic mass is 16.5. The number of nitrogens with zero attached hydrogens (tertiary/aromatic N) is 1. The standard InChI is InChI=1S/C24H26N2O2/c27-26(22-13-14-25-16-22)17-20(15-19-7-2-1-3-8-19)18-28-24-12-6-10-21-9-4-5-11-23(21)24/h1-12,15,22,25,27H,13-14,16-18H2/b20-15-. The van der Waals surface area contributed by atoms with Crippen LogP contribution in [0.2, 0.25) is 0 Å². The summed E-state index contributed by atoms with van der Waals surface area (Å²) in [6.45, 7) is 2.66. The molecular weight excluding hydrogens is 348 g/mol. The summed E-state index contributed by atoms with van der Waals surface area (Å²) in [7, 11) is 0. The molecule has 0 saturated carbocycles. The predicted molar refractivity (Wildman–Crippen MR) is 114 cm³/mol. The molecule has 1 heterocycles. The maximum Gasteiger partial charge on any atom is 0.127 e. The number of fused-ring (bicyclic) bond motifs is 1. The Morgan fingerprint density at radius 1 is 1.04 bits per heavy atom. The first-order valence-corrected chi connectivity index (χ1v) is 9.81. The van der Waals surface area contributed by atoms with Gasteiger partial charge in [-0.05, 0) is 35.6 Å². The van der Waals surface area contributed by atoms with Gasteiger partial charge in [0.05, 0.1) is 0 Å². The van der Waals surface area contributed by atoms with Crippen molar-refractivity contribution < 1.29 is 9.94 Å². The molecule has 0 radical (unpaired) electrons. The van der Waals surface area contributed by atoms with E-state index in [2.05, 4.69) is 41.7 Å². The summed E-state index contributed by atoms with van der Waals surface area (Å²) in [4.78, 5) is 0. The maximum absolute atomic E-state index is 10.6. The van der Waals surface area contributed by atoms with Gasteiger partial charge in [-0.3, -0.25) is 0 Å². The van der Waals surface area contributed by atoms with E-state index < -0.39 is 0 Å². The molecule has 2 N–H and O–H groups in total. The van der Waals surface area contributed by atoms with Crippen LogP contribution < -0.4 is 10.1 Å². The van der Waals surface area contributed by atoms with Crippen molar-refractivity contribution in [1.29, 1.82) is 0 Å². The van der Waals surface area contributed by atoms with Gasteiger partial charge in [-0.1, -0.05) is 72.8 Å². The molecule has 4 nitrogen and oxygen atoms in total. The van der Waals surface area contributed by atoms with E-state index in [1.807, 2.05) is 42.5 Å². The molecule has 1 aliphatic rings. The molecule has 28 heavy (non-hydrogen) atoms. The number of benzene rings is 3. The van der Waals surface area contributed by atoms with Crippen molar-refractivity contribution in [3.05, 3.63) is 83.9 Å². The van der Waals surface area contributed by atoms with Gasteiger partial charge in [0, 0.05) is 24.5 Å². The smallest absolute Gasteiger partial charge is 0.127 e. The third-order valence-corrected chi connectivity index (χ3v) is 5.15. The van der Waals surface area contributed by atoms with Crippen LogP contribution in [0.25, 0.3) is 16.8 Å². The van der Waals surface area contributed by atoms with Gasteiger partial charge >= 0.3 is 0 Å². The van der Waals surface area contributed by atoms with Crippen LogP contribution in [-0.4, -0.2) is 42.6 Å². The van der Waals surface area contributed by atoms with Crippen molar-refractivity contribution in [2.45, 2.75) is 12.5 Å². The molecule has 0 aliphatic carbocycles. The summed E-state index contributed by atoms with van der Waals surface area (Å²) in [6.07, 6.45) is 3.07. The quantitative estimate of drug-likeness (QED) is 0.604. The molecule has 1 aliphatic heterocycles. The van der Waals surface area contributed by atoms with Gasteiger partial charge in [0.1, 0.15) is 12.4 Å². The zero-order valence-electron chi connectivity index (χ0n) is 15.9. The largest absolute Gasteiger partial charge is 0.489 e. The van der Waals surface area contributed by atoms with Gasteiger partial charge in [0.15, 0.2) is 0 Å². The normalized spacial score (nSPS) is 17.4. The third kappa shape index (κ3) is 4.60. The van der Waals surface area contributed by atoms with E-state index in [0.717, 1.165) is 47.2 Å². The van der Waals surface area contributed by atoms with Gasteiger partial charge in [0.2, 0.25) is 0 Å². The molecule has 0 spiro atoms. The number of rotatable bonds is 7. The van der Waals surface area contributed by atoms with E-state index in [0.29, 0.717) is 13.2 Å². The highest BCUT2D eigenvalue weighted by molar-refractivity contribution is 5.88. The zero-order valence-corrected chi connectivity index (χ0v) is 15.9. The molecule has 144 valence electrons. The van der Waals surface area contributed by atoms with Gasteiger partial charge in [-0.25, -0.2) is 0 Å². The van der Waals surface area contributed by atoms with Crippen molar-refractivity contribution in [1.82, 2.24) is 10.4 Å². The lowest BCUT2D eigenvalue weighted by molar-refractivity contribution is -0.114. The van der Waals surface area contributed by atoms with Gasteiger partial charge < -0.3 is 15.3 Å². The zero-order chi connectivity index (χ0) is 19.2. The highest BCUT2D eigenvalue weighted by Crippen LogP contribution is 2.26. The van der Waals surface area contributed by atoms with Crippen LogP contribution in [0.3, 0.4) is 0 Å². The Bertz CT molecular complexity index is 928. The molecule has 1 unspecified atom stereocenters. The highest BCUT2D eigenvalue weighted by Gasteiger charge is 2.21. The molecule has 0 bridgehead atoms. The minimum absolute atomic E-state index is 0.150. The van der Waals surface area contributed by atoms with Crippen LogP contribution in [-0.2, 0) is 0 Å². The molecule has 0 aromatic heterocycles. The van der Waals surface area contributed by atoms with E-state index in [-0.39, 0.29) is 6.04 Å². The minimum Gasteiger partial charge on any atom is -0.489 e. The monoisotopic (exact) mass is 374 g/mol. The summed E-state index contributed by atoms with van der Waals surface area (Å²) >= 11 is 0. The SMILES string of the molecule is ON(C/C(=C/c1ccccc1)COc1cccc2ccccc12)C1CCNC1. The number of hydroxylamine groups is 2. The van der Waals surface area contributed by atoms with Crippen molar-refractivity contribution in [3.63, 3.8) is 0 Å². The molecule has 4 heteroatoms. The lowest BCUT2D eigenvalue weighted by atomic mass is 10.1. The molecule has 4 rings (SSSR count). The van der Waals surface area contributed by atoms with Crippen LogP contribution >= 0.6 is 0 Å². The summed E-state index contributed by atoms with van der Waals surface area (Å²) in [6, 6.07) is 24.7. The van der Waals surface area contributed by atoms with Gasteiger partial charge in [-0.15, -0.1) is 0 Å². The average Bonchev–Trinajstić information content (AvgIpc) is 3.28. The minimum atomic E-state index is 0.150. The Balaban J connectivity index is 1.53. The van der Waals surface area contributed by atoms with E-state index in [9.17, 15) is 5.21 Å². The summed E-state index contributed by atoms with van der Waals surface area (Å²) in [5.74, 6) is 0.865. The van der Waals surface area contributed by atoms with Crippen LogP contribution in [0.5, 0.6) is 5.75 Å². The van der Waals surface area contributed by atoms with Crippen LogP contribution in [0.1, 0.15) is 12.0 Å². The second-order valence-electron chi connectivity index (χ2n) is 7.22. The molecule has 1 saturated heterocycles. The summed E-state index contributed by atoms with van der Waals surface area (Å²) in [5, 5.41) is 17.6. The predicted octanol–water partition coefficient (Wildman–Crippen LogP) is 4.36. The van der Waals surface area contributed by atoms with Gasteiger partial charge in [0.25, 0.3) is 0 Å². The first-order chi connectivity index (χ1) is 13.8. The van der Waals surface area contributed by atoms with Crippen molar-refractivity contribution >= 4 is 16.8 Å². The van der Waals surface area contributed by atoms with Crippen LogP contribution in [0.4, 0.5) is 0 Å². The van der Waals surface area contributed by atoms with Crippen molar-refractivity contribution in [2.24, 2.45) is 0 Å². The van der Waals surface area contributed by atoms with Gasteiger partial charge in [-0.2, -0.15) is 5.06 Å². The summed E-state index contributed by atoms with van der Waals surface area (Å²) in [5.41, 5.74) is 2.14. The first kappa shape index (κ1) is 18.7. The maximum atomic E-state index is 10.6. The molecule has 3 aromatic carbocycles. The second kappa shape index (κ2) is 9.02. The molecule has 0 amide bonds. The van der Waals surface area contributed by atoms with Crippen molar-refractivity contribution in [2.75, 3.05) is 26.2 Å². The Morgan fingerprint density at radius 3 is 2.64 bits per heavy atom. The van der Waals surface area contributed by atoms with E-state index in [4.69, 9.17) is 4.74 Å². The molecule has 1 atom stereocenters. The Morgan fingerprint density at radius 2 is 1.82 bits per heavy atom. The first-order valence-electron chi connectivity index (χ1n) is 9.81. The number of hydrogen-bond donors (Lipinski definition) is 2. The van der Waals surface area contributed by atoms with Crippen LogP contribution in [0.15, 0.2) is 78.4 Å². The van der Waals surface area contributed by atoms with Crippen molar-refractivity contribution in [3.8, 4) is 5.75 Å². The van der Waals surface area contributed by atoms with E-state index in [1.54, 1.807) is 0 Å². The lowest BCUT2D eigenvalue weighted by Gasteiger charge is -2.23. The van der Waals surface area contributed by atoms with E-state index in [1.165, 1.54) is 5.06 Å². The fraction of sp³-hybridized carbons (Fsp3) is 0.250. The average molecular weight is 374 g/mol. The second-order valence-corrected chi connectivity index (χ2v) is 7.22. The third-order valence-electron chi connectivity index (χ3n) is 5.15. The lowest BCUT2D eigenvalue weighted by Crippen LogP contribution is -2.36. The molecule has 3 aromatic rings. The number of ether oxygens (including phenoxy) is 1. The Hall–Kier alpha value is -2.66. The molecular formula is C24H26N2O2. The number of hydrogen-bond acceptors (Lipinski definition) is 4. The molecule has 1 fully saturated rings. The topological polar surface area (TPSA) is 44.7 Å². The fourth-order valence-electron chi connectivity index (χ4n) is 3.64.